The lowest BCUT2D eigenvalue weighted by Gasteiger charge is -2.23. The van der Waals surface area contributed by atoms with Crippen molar-refractivity contribution in [2.75, 3.05) is 34.2 Å². The first-order valence-electron chi connectivity index (χ1n) is 7.73. The van der Waals surface area contributed by atoms with Gasteiger partial charge in [0.05, 0.1) is 0 Å². The van der Waals surface area contributed by atoms with Crippen LogP contribution in [-0.2, 0) is 11.3 Å². The molecule has 5 nitrogen and oxygen atoms in total. The second-order valence-corrected chi connectivity index (χ2v) is 6.19. The van der Waals surface area contributed by atoms with Gasteiger partial charge in [-0.25, -0.2) is 9.38 Å². The van der Waals surface area contributed by atoms with Crippen LogP contribution in [0.2, 0.25) is 0 Å². The predicted molar refractivity (Wildman–Crippen MR) is 91.7 cm³/mol. The Labute approximate surface area is 138 Å². The average molecular weight is 322 g/mol. The summed E-state index contributed by atoms with van der Waals surface area (Å²) in [6, 6.07) is 6.48. The Morgan fingerprint density at radius 1 is 1.30 bits per heavy atom. The Morgan fingerprint density at radius 2 is 2.00 bits per heavy atom. The zero-order chi connectivity index (χ0) is 17.4. The van der Waals surface area contributed by atoms with Gasteiger partial charge in [0, 0.05) is 34.2 Å². The highest BCUT2D eigenvalue weighted by atomic mass is 19.1. The smallest absolute Gasteiger partial charge is 0.243 e. The van der Waals surface area contributed by atoms with Gasteiger partial charge in [-0.1, -0.05) is 26.0 Å². The number of nitrogens with one attached hydrogen (secondary N) is 1. The monoisotopic (exact) mass is 322 g/mol. The van der Waals surface area contributed by atoms with Crippen molar-refractivity contribution in [1.82, 2.24) is 15.1 Å². The summed E-state index contributed by atoms with van der Waals surface area (Å²) in [5.74, 6) is 0.769. The van der Waals surface area contributed by atoms with Gasteiger partial charge >= 0.3 is 0 Å². The van der Waals surface area contributed by atoms with Crippen LogP contribution in [0.5, 0.6) is 0 Å². The van der Waals surface area contributed by atoms with E-state index in [-0.39, 0.29) is 18.3 Å². The van der Waals surface area contributed by atoms with Crippen LogP contribution < -0.4 is 5.32 Å². The number of nitrogens with zero attached hydrogens (tertiary/aromatic N) is 3. The van der Waals surface area contributed by atoms with E-state index in [1.165, 1.54) is 17.0 Å². The molecule has 0 unspecified atom stereocenters. The number of guanidine groups is 1. The number of hydrogen-bond donors (Lipinski definition) is 1. The molecule has 23 heavy (non-hydrogen) atoms. The molecule has 0 saturated heterocycles. The molecule has 0 aliphatic heterocycles. The molecule has 128 valence electrons. The molecule has 0 heterocycles. The maximum Gasteiger partial charge on any atom is 0.243 e. The molecular formula is C17H27FN4O. The fourth-order valence-electron chi connectivity index (χ4n) is 1.87. The molecule has 0 aliphatic carbocycles. The SMILES string of the molecule is CC(C)CNC(=NCC(=O)N(C)C)N(C)Cc1cccc(F)c1. The number of carbonyl (C=O) groups excluding carboxylic acids is 1. The lowest BCUT2D eigenvalue weighted by Crippen LogP contribution is -2.41. The van der Waals surface area contributed by atoms with Gasteiger partial charge in [-0.3, -0.25) is 4.79 Å². The molecule has 0 aliphatic rings. The van der Waals surface area contributed by atoms with Crippen LogP contribution in [-0.4, -0.2) is 55.9 Å². The summed E-state index contributed by atoms with van der Waals surface area (Å²) >= 11 is 0. The maximum atomic E-state index is 13.3. The Balaban J connectivity index is 2.80. The highest BCUT2D eigenvalue weighted by Gasteiger charge is 2.10. The summed E-state index contributed by atoms with van der Waals surface area (Å²) in [5.41, 5.74) is 0.852. The van der Waals surface area contributed by atoms with E-state index < -0.39 is 0 Å². The second kappa shape index (κ2) is 9.12. The van der Waals surface area contributed by atoms with E-state index in [2.05, 4.69) is 24.2 Å². The highest BCUT2D eigenvalue weighted by Crippen LogP contribution is 2.06. The van der Waals surface area contributed by atoms with E-state index in [0.717, 1.165) is 12.1 Å². The first kappa shape index (κ1) is 18.9. The summed E-state index contributed by atoms with van der Waals surface area (Å²) in [6.07, 6.45) is 0. The van der Waals surface area contributed by atoms with Crippen LogP contribution in [0.15, 0.2) is 29.3 Å². The third-order valence-electron chi connectivity index (χ3n) is 3.20. The first-order chi connectivity index (χ1) is 10.8. The predicted octanol–water partition coefficient (Wildman–Crippen LogP) is 1.95. The van der Waals surface area contributed by atoms with Crippen LogP contribution in [0.25, 0.3) is 0 Å². The van der Waals surface area contributed by atoms with E-state index in [1.54, 1.807) is 20.2 Å². The zero-order valence-electron chi connectivity index (χ0n) is 14.6. The number of carbonyl (C=O) groups is 1. The third kappa shape index (κ3) is 7.13. The van der Waals surface area contributed by atoms with Crippen LogP contribution in [0.3, 0.4) is 0 Å². The van der Waals surface area contributed by atoms with Gasteiger partial charge in [-0.05, 0) is 23.6 Å². The normalized spacial score (nSPS) is 11.5. The number of aliphatic imine (C=N–C) groups is 1. The van der Waals surface area contributed by atoms with Crippen molar-refractivity contribution in [3.63, 3.8) is 0 Å². The number of amides is 1. The van der Waals surface area contributed by atoms with Crippen LogP contribution in [0.1, 0.15) is 19.4 Å². The summed E-state index contributed by atoms with van der Waals surface area (Å²) < 4.78 is 13.3. The fraction of sp³-hybridized carbons (Fsp3) is 0.529. The van der Waals surface area contributed by atoms with Crippen LogP contribution in [0, 0.1) is 11.7 Å². The third-order valence-corrected chi connectivity index (χ3v) is 3.20. The van der Waals surface area contributed by atoms with Crippen molar-refractivity contribution in [3.05, 3.63) is 35.6 Å². The first-order valence-corrected chi connectivity index (χ1v) is 7.73. The van der Waals surface area contributed by atoms with E-state index in [0.29, 0.717) is 18.4 Å². The number of rotatable bonds is 6. The van der Waals surface area contributed by atoms with Crippen LogP contribution in [0.4, 0.5) is 4.39 Å². The van der Waals surface area contributed by atoms with Gasteiger partial charge < -0.3 is 15.1 Å². The highest BCUT2D eigenvalue weighted by molar-refractivity contribution is 5.84. The molecule has 0 saturated carbocycles. The summed E-state index contributed by atoms with van der Waals surface area (Å²) in [6.45, 7) is 5.55. The van der Waals surface area contributed by atoms with Crippen molar-refractivity contribution >= 4 is 11.9 Å². The van der Waals surface area contributed by atoms with Crippen molar-refractivity contribution in [2.24, 2.45) is 10.9 Å². The maximum absolute atomic E-state index is 13.3. The lowest BCUT2D eigenvalue weighted by molar-refractivity contribution is -0.127. The summed E-state index contributed by atoms with van der Waals surface area (Å²) in [5, 5.41) is 3.26. The van der Waals surface area contributed by atoms with Gasteiger partial charge in [0.15, 0.2) is 5.96 Å². The number of benzene rings is 1. The van der Waals surface area contributed by atoms with Crippen LogP contribution >= 0.6 is 0 Å². The van der Waals surface area contributed by atoms with Gasteiger partial charge in [-0.15, -0.1) is 0 Å². The Bertz CT molecular complexity index is 543. The molecule has 0 aromatic heterocycles. The van der Waals surface area contributed by atoms with Gasteiger partial charge in [0.1, 0.15) is 12.4 Å². The van der Waals surface area contributed by atoms with Gasteiger partial charge in [0.25, 0.3) is 0 Å². The Kier molecular flexibility index (Phi) is 7.51. The molecule has 1 aromatic rings. The van der Waals surface area contributed by atoms with E-state index >= 15 is 0 Å². The van der Waals surface area contributed by atoms with E-state index in [9.17, 15) is 9.18 Å². The van der Waals surface area contributed by atoms with Crippen molar-refractivity contribution in [1.29, 1.82) is 0 Å². The zero-order valence-corrected chi connectivity index (χ0v) is 14.6. The largest absolute Gasteiger partial charge is 0.356 e. The lowest BCUT2D eigenvalue weighted by atomic mass is 10.2. The topological polar surface area (TPSA) is 47.9 Å². The van der Waals surface area contributed by atoms with E-state index in [4.69, 9.17) is 0 Å². The fourth-order valence-corrected chi connectivity index (χ4v) is 1.87. The second-order valence-electron chi connectivity index (χ2n) is 6.19. The Hall–Kier alpha value is -2.11. The Morgan fingerprint density at radius 3 is 2.57 bits per heavy atom. The number of halogens is 1. The average Bonchev–Trinajstić information content (AvgIpc) is 2.46. The summed E-state index contributed by atoms with van der Waals surface area (Å²) in [7, 11) is 5.28. The quantitative estimate of drug-likeness (QED) is 0.643. The number of hydrogen-bond acceptors (Lipinski definition) is 2. The molecule has 0 bridgehead atoms. The minimum absolute atomic E-state index is 0.0620. The molecule has 1 rings (SSSR count). The molecule has 0 fully saturated rings. The molecule has 1 amide bonds. The van der Waals surface area contributed by atoms with Gasteiger partial charge in [-0.2, -0.15) is 0 Å². The molecule has 1 N–H and O–H groups in total. The standard InChI is InChI=1S/C17H27FN4O/c1-13(2)10-19-17(20-11-16(23)21(3)4)22(5)12-14-7-6-8-15(18)9-14/h6-9,13H,10-12H2,1-5H3,(H,19,20). The molecule has 0 radical (unpaired) electrons. The molecule has 6 heteroatoms. The minimum Gasteiger partial charge on any atom is -0.356 e. The minimum atomic E-state index is -0.257. The molecule has 0 spiro atoms. The van der Waals surface area contributed by atoms with Crippen molar-refractivity contribution < 1.29 is 9.18 Å². The number of likely N-dealkylation sites (N-methyl/N-ethyl adjacent to an activating group) is 1. The van der Waals surface area contributed by atoms with E-state index in [1.807, 2.05) is 18.0 Å². The van der Waals surface area contributed by atoms with Crippen molar-refractivity contribution in [3.8, 4) is 0 Å². The molecular weight excluding hydrogens is 295 g/mol. The molecule has 0 atom stereocenters. The van der Waals surface area contributed by atoms with Gasteiger partial charge in [0.2, 0.25) is 5.91 Å². The summed E-state index contributed by atoms with van der Waals surface area (Å²) in [4.78, 5) is 19.5. The van der Waals surface area contributed by atoms with Crippen molar-refractivity contribution in [2.45, 2.75) is 20.4 Å². The molecule has 1 aromatic carbocycles.